The zero-order valence-electron chi connectivity index (χ0n) is 10.1. The average molecular weight is 286 g/mol. The van der Waals surface area contributed by atoms with E-state index in [1.165, 1.54) is 0 Å². The number of halogens is 2. The van der Waals surface area contributed by atoms with Gasteiger partial charge in [-0.15, -0.1) is 12.4 Å². The Balaban J connectivity index is 0.00000162. The highest BCUT2D eigenvalue weighted by atomic mass is 35.5. The van der Waals surface area contributed by atoms with E-state index in [-0.39, 0.29) is 12.4 Å². The molecule has 0 unspecified atom stereocenters. The van der Waals surface area contributed by atoms with Gasteiger partial charge in [-0.05, 0) is 41.8 Å². The summed E-state index contributed by atoms with van der Waals surface area (Å²) in [6.45, 7) is 2.03. The van der Waals surface area contributed by atoms with Gasteiger partial charge in [-0.3, -0.25) is 9.78 Å². The molecule has 0 N–H and O–H groups in total. The van der Waals surface area contributed by atoms with Crippen LogP contribution in [0.3, 0.4) is 0 Å². The molecule has 3 nitrogen and oxygen atoms in total. The van der Waals surface area contributed by atoms with Crippen molar-refractivity contribution >= 4 is 40.2 Å². The summed E-state index contributed by atoms with van der Waals surface area (Å²) in [5.41, 5.74) is 2.19. The minimum atomic E-state index is -0.479. The number of aromatic nitrogens is 1. The molecule has 0 bridgehead atoms. The molecule has 0 spiro atoms. The lowest BCUT2D eigenvalue weighted by Gasteiger charge is -2.08. The first-order valence-electron chi connectivity index (χ1n) is 5.32. The van der Waals surface area contributed by atoms with Gasteiger partial charge >= 0.3 is 0 Å². The van der Waals surface area contributed by atoms with E-state index in [1.54, 1.807) is 25.4 Å². The van der Waals surface area contributed by atoms with Crippen LogP contribution in [0.25, 0.3) is 10.9 Å². The van der Waals surface area contributed by atoms with Gasteiger partial charge in [-0.25, -0.2) is 0 Å². The molecule has 0 atom stereocenters. The third kappa shape index (κ3) is 2.57. The lowest BCUT2D eigenvalue weighted by Crippen LogP contribution is -1.96. The summed E-state index contributed by atoms with van der Waals surface area (Å²) in [6.07, 6.45) is 2.64. The Hall–Kier alpha value is -1.32. The monoisotopic (exact) mass is 285 g/mol. The molecule has 5 heteroatoms. The van der Waals surface area contributed by atoms with Crippen molar-refractivity contribution < 1.29 is 9.53 Å². The van der Waals surface area contributed by atoms with Crippen LogP contribution in [-0.4, -0.2) is 17.3 Å². The number of hydrogen-bond acceptors (Lipinski definition) is 3. The molecular formula is C13H13Cl2NO2. The fraction of sp³-hybridized carbons (Fsp3) is 0.231. The first kappa shape index (κ1) is 14.7. The quantitative estimate of drug-likeness (QED) is 0.809. The zero-order chi connectivity index (χ0) is 12.4. The fourth-order valence-corrected chi connectivity index (χ4v) is 1.93. The number of fused-ring (bicyclic) bond motifs is 1. The van der Waals surface area contributed by atoms with Gasteiger partial charge in [0.25, 0.3) is 5.24 Å². The number of carbonyl (C=O) groups is 1. The molecule has 0 fully saturated rings. The molecular weight excluding hydrogens is 273 g/mol. The molecule has 0 aliphatic carbocycles. The maximum atomic E-state index is 11.4. The standard InChI is InChI=1S/C13H12ClNO2.ClH/c1-3-8-6-10-9(13(14)16)4-5-11(17-2)12(10)15-7-8;/h4-7H,3H2,1-2H3;1H. The highest BCUT2D eigenvalue weighted by Gasteiger charge is 2.12. The van der Waals surface area contributed by atoms with E-state index in [0.29, 0.717) is 16.8 Å². The molecule has 1 aromatic carbocycles. The predicted molar refractivity (Wildman–Crippen MR) is 75.1 cm³/mol. The van der Waals surface area contributed by atoms with E-state index >= 15 is 0 Å². The van der Waals surface area contributed by atoms with Gasteiger partial charge in [0.2, 0.25) is 0 Å². The van der Waals surface area contributed by atoms with E-state index in [1.807, 2.05) is 13.0 Å². The summed E-state index contributed by atoms with van der Waals surface area (Å²) in [5, 5.41) is 0.261. The SMILES string of the molecule is CCc1cnc2c(OC)ccc(C(=O)Cl)c2c1.Cl. The Morgan fingerprint density at radius 3 is 2.72 bits per heavy atom. The first-order valence-corrected chi connectivity index (χ1v) is 5.70. The second-order valence-corrected chi connectivity index (χ2v) is 4.03. The van der Waals surface area contributed by atoms with Crippen LogP contribution in [0.4, 0.5) is 0 Å². The molecule has 0 saturated heterocycles. The number of carbonyl (C=O) groups excluding carboxylic acids is 1. The van der Waals surface area contributed by atoms with Crippen molar-refractivity contribution in [1.29, 1.82) is 0 Å². The number of methoxy groups -OCH3 is 1. The van der Waals surface area contributed by atoms with Crippen molar-refractivity contribution in [3.05, 3.63) is 35.5 Å². The third-order valence-electron chi connectivity index (χ3n) is 2.71. The van der Waals surface area contributed by atoms with Crippen LogP contribution in [0.1, 0.15) is 22.8 Å². The molecule has 1 aromatic heterocycles. The van der Waals surface area contributed by atoms with E-state index < -0.39 is 5.24 Å². The minimum absolute atomic E-state index is 0. The van der Waals surface area contributed by atoms with Gasteiger partial charge in [0.05, 0.1) is 7.11 Å². The van der Waals surface area contributed by atoms with Crippen molar-refractivity contribution in [2.24, 2.45) is 0 Å². The van der Waals surface area contributed by atoms with Crippen LogP contribution in [-0.2, 0) is 6.42 Å². The second-order valence-electron chi connectivity index (χ2n) is 3.68. The van der Waals surface area contributed by atoms with Crippen molar-refractivity contribution in [3.63, 3.8) is 0 Å². The molecule has 18 heavy (non-hydrogen) atoms. The normalized spacial score (nSPS) is 9.94. The number of ether oxygens (including phenoxy) is 1. The van der Waals surface area contributed by atoms with E-state index in [2.05, 4.69) is 4.98 Å². The minimum Gasteiger partial charge on any atom is -0.494 e. The van der Waals surface area contributed by atoms with E-state index in [4.69, 9.17) is 16.3 Å². The highest BCUT2D eigenvalue weighted by molar-refractivity contribution is 6.68. The summed E-state index contributed by atoms with van der Waals surface area (Å²) < 4.78 is 5.22. The maximum absolute atomic E-state index is 11.4. The Morgan fingerprint density at radius 2 is 2.17 bits per heavy atom. The fourth-order valence-electron chi connectivity index (χ4n) is 1.77. The molecule has 0 saturated carbocycles. The third-order valence-corrected chi connectivity index (χ3v) is 2.91. The number of nitrogens with zero attached hydrogens (tertiary/aromatic N) is 1. The highest BCUT2D eigenvalue weighted by Crippen LogP contribution is 2.28. The lowest BCUT2D eigenvalue weighted by molar-refractivity contribution is 0.108. The first-order chi connectivity index (χ1) is 8.17. The predicted octanol–water partition coefficient (Wildman–Crippen LogP) is 3.61. The van der Waals surface area contributed by atoms with Gasteiger partial charge < -0.3 is 4.74 Å². The summed E-state index contributed by atoms with van der Waals surface area (Å²) in [5.74, 6) is 0.643. The van der Waals surface area contributed by atoms with Crippen molar-refractivity contribution in [1.82, 2.24) is 4.98 Å². The van der Waals surface area contributed by atoms with E-state index in [0.717, 1.165) is 17.4 Å². The number of aryl methyl sites for hydroxylation is 1. The summed E-state index contributed by atoms with van der Waals surface area (Å²) in [4.78, 5) is 15.7. The Bertz CT molecular complexity index is 584. The summed E-state index contributed by atoms with van der Waals surface area (Å²) >= 11 is 5.57. The largest absolute Gasteiger partial charge is 0.494 e. The lowest BCUT2D eigenvalue weighted by atomic mass is 10.1. The number of pyridine rings is 1. The zero-order valence-corrected chi connectivity index (χ0v) is 11.6. The summed E-state index contributed by atoms with van der Waals surface area (Å²) in [6, 6.07) is 5.30. The number of benzene rings is 1. The van der Waals surface area contributed by atoms with Gasteiger partial charge in [0.15, 0.2) is 0 Å². The van der Waals surface area contributed by atoms with E-state index in [9.17, 15) is 4.79 Å². The molecule has 2 aromatic rings. The van der Waals surface area contributed by atoms with Crippen LogP contribution in [0.5, 0.6) is 5.75 Å². The maximum Gasteiger partial charge on any atom is 0.253 e. The molecule has 1 heterocycles. The van der Waals surface area contributed by atoms with Crippen LogP contribution in [0, 0.1) is 0 Å². The molecule has 0 aliphatic rings. The van der Waals surface area contributed by atoms with Crippen molar-refractivity contribution in [2.75, 3.05) is 7.11 Å². The van der Waals surface area contributed by atoms with Gasteiger partial charge in [0.1, 0.15) is 11.3 Å². The topological polar surface area (TPSA) is 39.2 Å². The molecule has 0 aliphatic heterocycles. The Morgan fingerprint density at radius 1 is 1.44 bits per heavy atom. The Labute approximate surface area is 117 Å². The van der Waals surface area contributed by atoms with Crippen molar-refractivity contribution in [2.45, 2.75) is 13.3 Å². The second kappa shape index (κ2) is 6.03. The molecule has 96 valence electrons. The van der Waals surface area contributed by atoms with Crippen LogP contribution in [0.2, 0.25) is 0 Å². The van der Waals surface area contributed by atoms with Crippen LogP contribution in [0.15, 0.2) is 24.4 Å². The van der Waals surface area contributed by atoms with Crippen LogP contribution < -0.4 is 4.74 Å². The van der Waals surface area contributed by atoms with Crippen molar-refractivity contribution in [3.8, 4) is 5.75 Å². The van der Waals surface area contributed by atoms with Gasteiger partial charge in [0, 0.05) is 17.1 Å². The molecule has 2 rings (SSSR count). The van der Waals surface area contributed by atoms with Gasteiger partial charge in [-0.1, -0.05) is 6.92 Å². The Kier molecular flexibility index (Phi) is 4.93. The summed E-state index contributed by atoms with van der Waals surface area (Å²) in [7, 11) is 1.58. The van der Waals surface area contributed by atoms with Gasteiger partial charge in [-0.2, -0.15) is 0 Å². The smallest absolute Gasteiger partial charge is 0.253 e. The molecule has 0 radical (unpaired) electrons. The van der Waals surface area contributed by atoms with Crippen LogP contribution >= 0.6 is 24.0 Å². The number of rotatable bonds is 3. The molecule has 0 amide bonds. The number of hydrogen-bond donors (Lipinski definition) is 0. The average Bonchev–Trinajstić information content (AvgIpc) is 2.36.